The van der Waals surface area contributed by atoms with E-state index in [1.54, 1.807) is 6.92 Å². The molecule has 1 N–H and O–H groups in total. The van der Waals surface area contributed by atoms with Crippen molar-refractivity contribution in [2.45, 2.75) is 26.1 Å². The minimum Gasteiger partial charge on any atom is -0.449 e. The Morgan fingerprint density at radius 3 is 2.56 bits per heavy atom. The molecule has 3 rings (SSSR count). The van der Waals surface area contributed by atoms with Gasteiger partial charge in [-0.2, -0.15) is 23.5 Å². The van der Waals surface area contributed by atoms with Crippen molar-refractivity contribution in [3.63, 3.8) is 0 Å². The molecule has 0 radical (unpaired) electrons. The van der Waals surface area contributed by atoms with Crippen LogP contribution in [0.4, 0.5) is 22.0 Å². The zero-order valence-corrected chi connectivity index (χ0v) is 16.1. The highest BCUT2D eigenvalue weighted by Gasteiger charge is 2.38. The number of benzene rings is 1. The number of nitrogens with one attached hydrogen (secondary N) is 1. The minimum absolute atomic E-state index is 0.0839. The van der Waals surface area contributed by atoms with Crippen molar-refractivity contribution in [3.05, 3.63) is 79.4 Å². The molecule has 2 aromatic heterocycles. The number of nitrogens with zero attached hydrogens (tertiary/aromatic N) is 4. The highest BCUT2D eigenvalue weighted by Crippen LogP contribution is 2.34. The lowest BCUT2D eigenvalue weighted by molar-refractivity contribution is -0.142. The summed E-state index contributed by atoms with van der Waals surface area (Å²) in [5.41, 5.74) is -4.43. The highest BCUT2D eigenvalue weighted by molar-refractivity contribution is 5.43. The van der Waals surface area contributed by atoms with E-state index in [0.29, 0.717) is 16.5 Å². The lowest BCUT2D eigenvalue weighted by Gasteiger charge is -2.15. The largest absolute Gasteiger partial charge is 0.449 e. The average Bonchev–Trinajstić information content (AvgIpc) is 2.70. The summed E-state index contributed by atoms with van der Waals surface area (Å²) in [4.78, 5) is 27.9. The van der Waals surface area contributed by atoms with Gasteiger partial charge in [-0.25, -0.2) is 18.9 Å². The molecule has 0 spiro atoms. The molecule has 166 valence electrons. The van der Waals surface area contributed by atoms with Gasteiger partial charge in [-0.15, -0.1) is 0 Å². The van der Waals surface area contributed by atoms with Crippen molar-refractivity contribution in [1.82, 2.24) is 19.7 Å². The molecule has 2 heterocycles. The van der Waals surface area contributed by atoms with E-state index in [1.807, 2.05) is 11.2 Å². The third-order valence-electron chi connectivity index (χ3n) is 4.13. The maximum Gasteiger partial charge on any atom is 0.437 e. The maximum absolute atomic E-state index is 13.4. The van der Waals surface area contributed by atoms with E-state index in [4.69, 9.17) is 10.00 Å². The fourth-order valence-electron chi connectivity index (χ4n) is 2.74. The van der Waals surface area contributed by atoms with Crippen LogP contribution in [-0.2, 0) is 12.7 Å². The van der Waals surface area contributed by atoms with Crippen molar-refractivity contribution < 1.29 is 26.7 Å². The summed E-state index contributed by atoms with van der Waals surface area (Å²) in [5.74, 6) is -1.42. The monoisotopic (exact) mass is 453 g/mol. The van der Waals surface area contributed by atoms with Gasteiger partial charge in [-0.3, -0.25) is 14.2 Å². The molecular formula is C19H12F5N5O3. The molecule has 13 heteroatoms. The number of hydrogen-bond acceptors (Lipinski definition) is 6. The molecular weight excluding hydrogens is 441 g/mol. The number of hydrogen-bond donors (Lipinski definition) is 1. The Hall–Kier alpha value is -4.08. The van der Waals surface area contributed by atoms with Crippen LogP contribution in [0.2, 0.25) is 0 Å². The molecule has 0 aliphatic rings. The number of aromatic nitrogens is 4. The molecule has 1 aromatic carbocycles. The van der Waals surface area contributed by atoms with Crippen molar-refractivity contribution in [2.24, 2.45) is 0 Å². The lowest BCUT2D eigenvalue weighted by Crippen LogP contribution is -2.29. The van der Waals surface area contributed by atoms with E-state index in [2.05, 4.69) is 10.1 Å². The molecule has 0 fully saturated rings. The second kappa shape index (κ2) is 8.58. The fraction of sp³-hybridized carbons (Fsp3) is 0.211. The quantitative estimate of drug-likeness (QED) is 0.593. The van der Waals surface area contributed by atoms with Gasteiger partial charge in [-0.05, 0) is 36.8 Å². The van der Waals surface area contributed by atoms with E-state index >= 15 is 0 Å². The Bertz CT molecular complexity index is 1320. The van der Waals surface area contributed by atoms with Gasteiger partial charge in [0.1, 0.15) is 11.4 Å². The van der Waals surface area contributed by atoms with Gasteiger partial charge in [0.15, 0.2) is 5.69 Å². The molecule has 0 atom stereocenters. The first-order valence-corrected chi connectivity index (χ1v) is 8.72. The first-order chi connectivity index (χ1) is 15.0. The number of ether oxygens (including phenoxy) is 1. The molecule has 0 aliphatic carbocycles. The fourth-order valence-corrected chi connectivity index (χ4v) is 2.74. The van der Waals surface area contributed by atoms with Crippen LogP contribution >= 0.6 is 0 Å². The smallest absolute Gasteiger partial charge is 0.437 e. The van der Waals surface area contributed by atoms with Gasteiger partial charge in [0, 0.05) is 5.56 Å². The molecule has 0 saturated carbocycles. The standard InChI is InChI=1S/C19H12F5N5O3/c1-9-2-10(6-25)4-12(3-9)32-14-15(19(22,23)24)26-8-29(18(14)31)7-11-5-13(16(20)21)27-28-17(11)30/h2-5,8,16H,7H2,1H3,(H,28,30). The molecule has 0 unspecified atom stereocenters. The normalized spacial score (nSPS) is 11.4. The van der Waals surface area contributed by atoms with Gasteiger partial charge in [-0.1, -0.05) is 0 Å². The molecule has 0 saturated heterocycles. The number of nitriles is 1. The van der Waals surface area contributed by atoms with E-state index in [9.17, 15) is 31.5 Å². The molecule has 0 aliphatic heterocycles. The van der Waals surface area contributed by atoms with E-state index in [-0.39, 0.29) is 16.9 Å². The third kappa shape index (κ3) is 4.80. The Kier molecular flexibility index (Phi) is 6.06. The Balaban J connectivity index is 2.11. The van der Waals surface area contributed by atoms with E-state index in [1.165, 1.54) is 12.1 Å². The summed E-state index contributed by atoms with van der Waals surface area (Å²) < 4.78 is 71.8. The number of H-pyrrole nitrogens is 1. The second-order valence-electron chi connectivity index (χ2n) is 6.55. The van der Waals surface area contributed by atoms with Crippen LogP contribution in [0.1, 0.15) is 34.5 Å². The Labute approximate surface area is 175 Å². The summed E-state index contributed by atoms with van der Waals surface area (Å²) in [6.45, 7) is 0.894. The first kappa shape index (κ1) is 22.6. The predicted octanol–water partition coefficient (Wildman–Crippen LogP) is 3.30. The number of rotatable bonds is 5. The van der Waals surface area contributed by atoms with Crippen molar-refractivity contribution in [1.29, 1.82) is 5.26 Å². The third-order valence-corrected chi connectivity index (χ3v) is 4.13. The van der Waals surface area contributed by atoms with Gasteiger partial charge < -0.3 is 4.74 Å². The van der Waals surface area contributed by atoms with E-state index in [0.717, 1.165) is 12.1 Å². The molecule has 0 amide bonds. The van der Waals surface area contributed by atoms with Crippen LogP contribution < -0.4 is 15.9 Å². The van der Waals surface area contributed by atoms with Crippen LogP contribution in [0.25, 0.3) is 0 Å². The van der Waals surface area contributed by atoms with Crippen LogP contribution in [0, 0.1) is 18.3 Å². The summed E-state index contributed by atoms with van der Waals surface area (Å²) in [5, 5.41) is 14.0. The zero-order valence-electron chi connectivity index (χ0n) is 16.1. The highest BCUT2D eigenvalue weighted by atomic mass is 19.4. The lowest BCUT2D eigenvalue weighted by atomic mass is 10.1. The Morgan fingerprint density at radius 2 is 1.94 bits per heavy atom. The number of halogens is 5. The van der Waals surface area contributed by atoms with Crippen molar-refractivity contribution in [3.8, 4) is 17.6 Å². The number of aromatic amines is 1. The van der Waals surface area contributed by atoms with Crippen LogP contribution in [0.15, 0.2) is 40.2 Å². The number of aryl methyl sites for hydroxylation is 1. The SMILES string of the molecule is Cc1cc(C#N)cc(Oc2c(C(F)(F)F)ncn(Cc3cc(C(F)F)n[nH]c3=O)c2=O)c1. The van der Waals surface area contributed by atoms with Crippen molar-refractivity contribution in [2.75, 3.05) is 0 Å². The summed E-state index contributed by atoms with van der Waals surface area (Å²) in [7, 11) is 0. The summed E-state index contributed by atoms with van der Waals surface area (Å²) in [6.07, 6.45) is -7.56. The molecule has 8 nitrogen and oxygen atoms in total. The molecule has 3 aromatic rings. The maximum atomic E-state index is 13.4. The summed E-state index contributed by atoms with van der Waals surface area (Å²) in [6, 6.07) is 6.43. The van der Waals surface area contributed by atoms with Gasteiger partial charge in [0.25, 0.3) is 17.5 Å². The predicted molar refractivity (Wildman–Crippen MR) is 98.4 cm³/mol. The van der Waals surface area contributed by atoms with Crippen LogP contribution in [0.3, 0.4) is 0 Å². The molecule has 32 heavy (non-hydrogen) atoms. The van der Waals surface area contributed by atoms with Gasteiger partial charge >= 0.3 is 6.18 Å². The van der Waals surface area contributed by atoms with Crippen molar-refractivity contribution >= 4 is 0 Å². The topological polar surface area (TPSA) is 114 Å². The summed E-state index contributed by atoms with van der Waals surface area (Å²) >= 11 is 0. The zero-order chi connectivity index (χ0) is 23.6. The second-order valence-corrected chi connectivity index (χ2v) is 6.55. The first-order valence-electron chi connectivity index (χ1n) is 8.72. The average molecular weight is 453 g/mol. The Morgan fingerprint density at radius 1 is 1.22 bits per heavy atom. The minimum atomic E-state index is -5.06. The van der Waals surface area contributed by atoms with Gasteiger partial charge in [0.05, 0.1) is 24.5 Å². The van der Waals surface area contributed by atoms with E-state index < -0.39 is 47.4 Å². The van der Waals surface area contributed by atoms with Gasteiger partial charge in [0.2, 0.25) is 5.75 Å². The number of alkyl halides is 5. The van der Waals surface area contributed by atoms with Crippen LogP contribution in [-0.4, -0.2) is 19.7 Å². The van der Waals surface area contributed by atoms with Crippen LogP contribution in [0.5, 0.6) is 11.5 Å². The molecule has 0 bridgehead atoms.